The van der Waals surface area contributed by atoms with Crippen molar-refractivity contribution in [3.8, 4) is 0 Å². The molecule has 0 saturated carbocycles. The first-order valence-electron chi connectivity index (χ1n) is 5.14. The van der Waals surface area contributed by atoms with E-state index < -0.39 is 11.9 Å². The van der Waals surface area contributed by atoms with Crippen LogP contribution in [0.15, 0.2) is 18.5 Å². The van der Waals surface area contributed by atoms with E-state index in [0.717, 1.165) is 0 Å². The molecule has 0 amide bonds. The number of hydrogen-bond acceptors (Lipinski definition) is 6. The Bertz CT molecular complexity index is 605. The Kier molecular flexibility index (Phi) is 3.22. The van der Waals surface area contributed by atoms with Crippen LogP contribution in [0.25, 0.3) is 5.65 Å². The van der Waals surface area contributed by atoms with Gasteiger partial charge in [-0.25, -0.2) is 14.3 Å². The molecule has 0 aliphatic carbocycles. The second-order valence-electron chi connectivity index (χ2n) is 3.46. The Balaban J connectivity index is 2.58. The molecular weight excluding hydrogens is 238 g/mol. The molecule has 0 unspecified atom stereocenters. The van der Waals surface area contributed by atoms with Gasteiger partial charge in [-0.2, -0.15) is 5.10 Å². The quantitative estimate of drug-likeness (QED) is 0.724. The molecule has 0 aliphatic heterocycles. The molecule has 0 aliphatic rings. The number of esters is 2. The van der Waals surface area contributed by atoms with Crippen LogP contribution in [-0.4, -0.2) is 40.8 Å². The number of carbonyl (C=O) groups excluding carboxylic acids is 2. The number of aromatic nitrogens is 3. The summed E-state index contributed by atoms with van der Waals surface area (Å²) in [5.41, 5.74) is 1.13. The lowest BCUT2D eigenvalue weighted by Crippen LogP contribution is -2.16. The van der Waals surface area contributed by atoms with Gasteiger partial charge in [-0.1, -0.05) is 0 Å². The third kappa shape index (κ3) is 2.02. The van der Waals surface area contributed by atoms with Crippen LogP contribution in [0.5, 0.6) is 0 Å². The summed E-state index contributed by atoms with van der Waals surface area (Å²) in [5, 5.41) is 4.02. The first-order chi connectivity index (χ1) is 8.67. The van der Waals surface area contributed by atoms with E-state index in [1.54, 1.807) is 6.07 Å². The van der Waals surface area contributed by atoms with Crippen LogP contribution in [0.3, 0.4) is 0 Å². The van der Waals surface area contributed by atoms with E-state index in [2.05, 4.69) is 19.6 Å². The van der Waals surface area contributed by atoms with Crippen molar-refractivity contribution in [3.05, 3.63) is 29.7 Å². The van der Waals surface area contributed by atoms with Gasteiger partial charge in [-0.3, -0.25) is 4.79 Å². The van der Waals surface area contributed by atoms with Crippen molar-refractivity contribution in [1.82, 2.24) is 14.6 Å². The third-order valence-electron chi connectivity index (χ3n) is 2.46. The van der Waals surface area contributed by atoms with E-state index in [9.17, 15) is 9.59 Å². The number of nitrogens with zero attached hydrogens (tertiary/aromatic N) is 3. The van der Waals surface area contributed by atoms with Gasteiger partial charge in [0.05, 0.1) is 32.5 Å². The molecule has 94 valence electrons. The molecule has 7 nitrogen and oxygen atoms in total. The molecule has 2 heterocycles. The molecule has 0 N–H and O–H groups in total. The number of fused-ring (bicyclic) bond motifs is 1. The summed E-state index contributed by atoms with van der Waals surface area (Å²) in [6, 6.07) is 1.67. The van der Waals surface area contributed by atoms with Gasteiger partial charge in [0, 0.05) is 12.3 Å². The molecule has 0 radical (unpaired) electrons. The number of carbonyl (C=O) groups is 2. The summed E-state index contributed by atoms with van der Waals surface area (Å²) in [6.07, 6.45) is 2.81. The second-order valence-corrected chi connectivity index (χ2v) is 3.46. The van der Waals surface area contributed by atoms with Gasteiger partial charge in [0.2, 0.25) is 0 Å². The summed E-state index contributed by atoms with van der Waals surface area (Å²) in [5.74, 6) is -1.04. The fourth-order valence-electron chi connectivity index (χ4n) is 1.58. The lowest BCUT2D eigenvalue weighted by molar-refractivity contribution is -0.139. The van der Waals surface area contributed by atoms with E-state index >= 15 is 0 Å². The highest BCUT2D eigenvalue weighted by molar-refractivity contribution is 5.91. The molecule has 2 rings (SSSR count). The van der Waals surface area contributed by atoms with Crippen molar-refractivity contribution in [2.45, 2.75) is 6.42 Å². The molecule has 7 heteroatoms. The minimum atomic E-state index is -0.571. The van der Waals surface area contributed by atoms with E-state index in [4.69, 9.17) is 0 Å². The zero-order chi connectivity index (χ0) is 13.1. The van der Waals surface area contributed by atoms with Crippen LogP contribution in [0.1, 0.15) is 16.1 Å². The molecule has 0 atom stereocenters. The van der Waals surface area contributed by atoms with Crippen LogP contribution in [0.4, 0.5) is 0 Å². The van der Waals surface area contributed by atoms with Crippen molar-refractivity contribution < 1.29 is 19.1 Å². The van der Waals surface area contributed by atoms with Gasteiger partial charge in [-0.05, 0) is 0 Å². The van der Waals surface area contributed by atoms with Crippen molar-refractivity contribution in [2.24, 2.45) is 0 Å². The summed E-state index contributed by atoms with van der Waals surface area (Å²) in [7, 11) is 2.54. The average Bonchev–Trinajstić information content (AvgIpc) is 2.86. The predicted molar refractivity (Wildman–Crippen MR) is 60.0 cm³/mol. The van der Waals surface area contributed by atoms with Gasteiger partial charge >= 0.3 is 11.9 Å². The zero-order valence-electron chi connectivity index (χ0n) is 9.91. The van der Waals surface area contributed by atoms with Crippen molar-refractivity contribution in [2.75, 3.05) is 14.2 Å². The summed E-state index contributed by atoms with van der Waals surface area (Å²) < 4.78 is 10.7. The van der Waals surface area contributed by atoms with Crippen LogP contribution in [0, 0.1) is 0 Å². The minimum absolute atomic E-state index is 0.0817. The first-order valence-corrected chi connectivity index (χ1v) is 5.14. The van der Waals surface area contributed by atoms with Gasteiger partial charge < -0.3 is 9.47 Å². The molecule has 2 aromatic heterocycles. The smallest absolute Gasteiger partial charge is 0.341 e. The van der Waals surface area contributed by atoms with E-state index in [1.807, 2.05) is 0 Å². The van der Waals surface area contributed by atoms with Crippen LogP contribution in [0.2, 0.25) is 0 Å². The largest absolute Gasteiger partial charge is 0.469 e. The highest BCUT2D eigenvalue weighted by Crippen LogP contribution is 2.12. The lowest BCUT2D eigenvalue weighted by atomic mass is 10.2. The minimum Gasteiger partial charge on any atom is -0.469 e. The molecular formula is C11H11N3O4. The van der Waals surface area contributed by atoms with Crippen molar-refractivity contribution >= 4 is 17.6 Å². The third-order valence-corrected chi connectivity index (χ3v) is 2.46. The average molecular weight is 249 g/mol. The molecule has 18 heavy (non-hydrogen) atoms. The first kappa shape index (κ1) is 12.0. The topological polar surface area (TPSA) is 82.8 Å². The number of ether oxygens (including phenoxy) is 2. The Morgan fingerprint density at radius 3 is 2.78 bits per heavy atom. The maximum Gasteiger partial charge on any atom is 0.341 e. The van der Waals surface area contributed by atoms with E-state index in [-0.39, 0.29) is 12.0 Å². The standard InChI is InChI=1S/C11H11N3O4/c1-17-10(15)5-8-7(11(16)18-2)6-12-9-3-4-13-14(8)9/h3-4,6H,5H2,1-2H3. The molecule has 2 aromatic rings. The Morgan fingerprint density at radius 2 is 2.11 bits per heavy atom. The van der Waals surface area contributed by atoms with Gasteiger partial charge in [0.1, 0.15) is 5.56 Å². The fourth-order valence-corrected chi connectivity index (χ4v) is 1.58. The monoisotopic (exact) mass is 249 g/mol. The van der Waals surface area contributed by atoms with Gasteiger partial charge in [-0.15, -0.1) is 0 Å². The van der Waals surface area contributed by atoms with Crippen LogP contribution < -0.4 is 0 Å². The van der Waals surface area contributed by atoms with Crippen LogP contribution in [-0.2, 0) is 20.7 Å². The fraction of sp³-hybridized carbons (Fsp3) is 0.273. The van der Waals surface area contributed by atoms with E-state index in [1.165, 1.54) is 31.1 Å². The highest BCUT2D eigenvalue weighted by atomic mass is 16.5. The van der Waals surface area contributed by atoms with Crippen molar-refractivity contribution in [1.29, 1.82) is 0 Å². The zero-order valence-corrected chi connectivity index (χ0v) is 9.91. The Labute approximate surface area is 102 Å². The Morgan fingerprint density at radius 1 is 1.33 bits per heavy atom. The molecule has 0 aromatic carbocycles. The SMILES string of the molecule is COC(=O)Cc1c(C(=O)OC)cnc2ccnn12. The van der Waals surface area contributed by atoms with Crippen molar-refractivity contribution in [3.63, 3.8) is 0 Å². The summed E-state index contributed by atoms with van der Waals surface area (Å²) in [4.78, 5) is 27.0. The molecule has 0 spiro atoms. The number of rotatable bonds is 3. The van der Waals surface area contributed by atoms with Crippen LogP contribution >= 0.6 is 0 Å². The summed E-state index contributed by atoms with van der Waals surface area (Å²) >= 11 is 0. The maximum absolute atomic E-state index is 11.6. The highest BCUT2D eigenvalue weighted by Gasteiger charge is 2.19. The summed E-state index contributed by atoms with van der Waals surface area (Å²) in [6.45, 7) is 0. The molecule has 0 saturated heterocycles. The number of hydrogen-bond donors (Lipinski definition) is 0. The Hall–Kier alpha value is -2.44. The normalized spacial score (nSPS) is 10.3. The van der Waals surface area contributed by atoms with E-state index in [0.29, 0.717) is 11.3 Å². The lowest BCUT2D eigenvalue weighted by Gasteiger charge is -2.08. The second kappa shape index (κ2) is 4.82. The molecule has 0 fully saturated rings. The molecule has 0 bridgehead atoms. The van der Waals surface area contributed by atoms with Gasteiger partial charge in [0.25, 0.3) is 0 Å². The number of methoxy groups -OCH3 is 2. The van der Waals surface area contributed by atoms with Gasteiger partial charge in [0.15, 0.2) is 5.65 Å². The maximum atomic E-state index is 11.6. The predicted octanol–water partition coefficient (Wildman–Crippen LogP) is 0.231.